The normalized spacial score (nSPS) is 14.3. The molecule has 9 nitrogen and oxygen atoms in total. The van der Waals surface area contributed by atoms with Gasteiger partial charge in [0.15, 0.2) is 11.5 Å². The molecular formula is C18H25N5O4. The summed E-state index contributed by atoms with van der Waals surface area (Å²) in [4.78, 5) is 24.7. The Morgan fingerprint density at radius 3 is 2.41 bits per heavy atom. The number of rotatable bonds is 5. The van der Waals surface area contributed by atoms with E-state index in [4.69, 9.17) is 19.9 Å². The number of nitrogens with two attached hydrogens (primary N) is 1. The summed E-state index contributed by atoms with van der Waals surface area (Å²) in [6.45, 7) is 4.73. The van der Waals surface area contributed by atoms with Crippen molar-refractivity contribution in [3.63, 3.8) is 0 Å². The number of ether oxygens (including phenoxy) is 3. The molecule has 9 heteroatoms. The molecule has 0 aliphatic carbocycles. The number of hydrogen-bond acceptors (Lipinski definition) is 8. The van der Waals surface area contributed by atoms with Crippen molar-refractivity contribution < 1.29 is 19.0 Å². The standard InChI is InChI=1S/C18H25N5O4/c1-4-9-27-18(24)23-7-5-22(6-8-23)17-20-13-11-15(26-3)14(25-2)10-12(13)16(19)21-17/h10-11H,4-9H2,1-3H3,(H2,19,20,21). The molecule has 1 aliphatic rings. The van der Waals surface area contributed by atoms with E-state index in [1.807, 2.05) is 11.8 Å². The van der Waals surface area contributed by atoms with Crippen LogP contribution in [0.5, 0.6) is 11.5 Å². The summed E-state index contributed by atoms with van der Waals surface area (Å²) in [6.07, 6.45) is 0.539. The van der Waals surface area contributed by atoms with Crippen LogP contribution in [-0.2, 0) is 4.74 Å². The molecule has 1 fully saturated rings. The van der Waals surface area contributed by atoms with Gasteiger partial charge < -0.3 is 29.7 Å². The van der Waals surface area contributed by atoms with Crippen molar-refractivity contribution in [3.05, 3.63) is 12.1 Å². The van der Waals surface area contributed by atoms with Gasteiger partial charge in [-0.3, -0.25) is 0 Å². The molecule has 2 aromatic rings. The number of aromatic nitrogens is 2. The molecule has 0 spiro atoms. The van der Waals surface area contributed by atoms with Crippen molar-refractivity contribution >= 4 is 28.8 Å². The molecule has 1 aliphatic heterocycles. The zero-order valence-electron chi connectivity index (χ0n) is 15.9. The predicted octanol–water partition coefficient (Wildman–Crippen LogP) is 1.90. The van der Waals surface area contributed by atoms with Gasteiger partial charge in [0, 0.05) is 37.6 Å². The van der Waals surface area contributed by atoms with Crippen molar-refractivity contribution in [3.8, 4) is 11.5 Å². The number of nitrogens with zero attached hydrogens (tertiary/aromatic N) is 4. The molecule has 146 valence electrons. The van der Waals surface area contributed by atoms with E-state index >= 15 is 0 Å². The Hall–Kier alpha value is -2.97. The third-order valence-electron chi connectivity index (χ3n) is 4.47. The topological polar surface area (TPSA) is 103 Å². The van der Waals surface area contributed by atoms with E-state index in [9.17, 15) is 4.79 Å². The molecule has 2 N–H and O–H groups in total. The average Bonchev–Trinajstić information content (AvgIpc) is 2.71. The van der Waals surface area contributed by atoms with Crippen molar-refractivity contribution in [2.75, 3.05) is 57.6 Å². The van der Waals surface area contributed by atoms with Crippen LogP contribution in [0.3, 0.4) is 0 Å². The van der Waals surface area contributed by atoms with Crippen LogP contribution in [-0.4, -0.2) is 68.0 Å². The van der Waals surface area contributed by atoms with Crippen LogP contribution in [0.1, 0.15) is 13.3 Å². The van der Waals surface area contributed by atoms with Crippen LogP contribution >= 0.6 is 0 Å². The maximum atomic E-state index is 12.0. The number of carbonyl (C=O) groups is 1. The van der Waals surface area contributed by atoms with Crippen molar-refractivity contribution in [1.29, 1.82) is 0 Å². The van der Waals surface area contributed by atoms with Gasteiger partial charge in [-0.2, -0.15) is 4.98 Å². The first kappa shape index (κ1) is 18.8. The molecule has 1 saturated heterocycles. The number of carbonyl (C=O) groups excluding carboxylic acids is 1. The fourth-order valence-electron chi connectivity index (χ4n) is 2.98. The summed E-state index contributed by atoms with van der Waals surface area (Å²) in [5, 5.41) is 0.707. The second-order valence-electron chi connectivity index (χ2n) is 6.22. The van der Waals surface area contributed by atoms with Gasteiger partial charge in [0.2, 0.25) is 5.95 Å². The highest BCUT2D eigenvalue weighted by Gasteiger charge is 2.24. The lowest BCUT2D eigenvalue weighted by Crippen LogP contribution is -2.49. The lowest BCUT2D eigenvalue weighted by Gasteiger charge is -2.34. The van der Waals surface area contributed by atoms with E-state index in [1.54, 1.807) is 31.3 Å². The minimum atomic E-state index is -0.271. The fourth-order valence-corrected chi connectivity index (χ4v) is 2.98. The van der Waals surface area contributed by atoms with Crippen LogP contribution in [0, 0.1) is 0 Å². The van der Waals surface area contributed by atoms with Gasteiger partial charge in [-0.25, -0.2) is 9.78 Å². The maximum Gasteiger partial charge on any atom is 0.409 e. The molecule has 0 saturated carbocycles. The van der Waals surface area contributed by atoms with Gasteiger partial charge in [0.1, 0.15) is 5.82 Å². The molecule has 0 atom stereocenters. The molecule has 3 rings (SSSR count). The van der Waals surface area contributed by atoms with Gasteiger partial charge in [0.05, 0.1) is 26.3 Å². The highest BCUT2D eigenvalue weighted by Crippen LogP contribution is 2.34. The zero-order valence-corrected chi connectivity index (χ0v) is 15.9. The number of amides is 1. The first-order chi connectivity index (χ1) is 13.1. The first-order valence-corrected chi connectivity index (χ1v) is 8.93. The van der Waals surface area contributed by atoms with Gasteiger partial charge >= 0.3 is 6.09 Å². The average molecular weight is 375 g/mol. The number of nitrogen functional groups attached to an aromatic ring is 1. The number of methoxy groups -OCH3 is 2. The third-order valence-corrected chi connectivity index (χ3v) is 4.47. The Morgan fingerprint density at radius 1 is 1.11 bits per heavy atom. The summed E-state index contributed by atoms with van der Waals surface area (Å²) < 4.78 is 15.8. The molecule has 0 unspecified atom stereocenters. The number of fused-ring (bicyclic) bond motifs is 1. The van der Waals surface area contributed by atoms with Gasteiger partial charge in [-0.1, -0.05) is 6.92 Å². The minimum absolute atomic E-state index is 0.271. The molecule has 1 amide bonds. The van der Waals surface area contributed by atoms with Crippen LogP contribution < -0.4 is 20.1 Å². The maximum absolute atomic E-state index is 12.0. The molecule has 0 radical (unpaired) electrons. The van der Waals surface area contributed by atoms with Crippen molar-refractivity contribution in [2.45, 2.75) is 13.3 Å². The van der Waals surface area contributed by atoms with E-state index in [1.165, 1.54) is 0 Å². The summed E-state index contributed by atoms with van der Waals surface area (Å²) in [5.74, 6) is 2.07. The zero-order chi connectivity index (χ0) is 19.4. The number of hydrogen-bond donors (Lipinski definition) is 1. The van der Waals surface area contributed by atoms with E-state index in [0.29, 0.717) is 67.0 Å². The first-order valence-electron chi connectivity index (χ1n) is 8.93. The Labute approximate surface area is 158 Å². The highest BCUT2D eigenvalue weighted by molar-refractivity contribution is 5.91. The summed E-state index contributed by atoms with van der Waals surface area (Å²) >= 11 is 0. The van der Waals surface area contributed by atoms with Gasteiger partial charge in [-0.05, 0) is 12.5 Å². The summed E-state index contributed by atoms with van der Waals surface area (Å²) in [6, 6.07) is 3.56. The van der Waals surface area contributed by atoms with Crippen LogP contribution in [0.25, 0.3) is 10.9 Å². The number of benzene rings is 1. The summed E-state index contributed by atoms with van der Waals surface area (Å²) in [5.41, 5.74) is 6.83. The van der Waals surface area contributed by atoms with Crippen molar-refractivity contribution in [2.24, 2.45) is 0 Å². The molecular weight excluding hydrogens is 350 g/mol. The van der Waals surface area contributed by atoms with E-state index < -0.39 is 0 Å². The Kier molecular flexibility index (Phi) is 5.68. The van der Waals surface area contributed by atoms with E-state index in [2.05, 4.69) is 9.97 Å². The second kappa shape index (κ2) is 8.15. The van der Waals surface area contributed by atoms with E-state index in [0.717, 1.165) is 6.42 Å². The molecule has 27 heavy (non-hydrogen) atoms. The molecule has 2 heterocycles. The van der Waals surface area contributed by atoms with Gasteiger partial charge in [-0.15, -0.1) is 0 Å². The number of piperazine rings is 1. The Balaban J connectivity index is 1.79. The smallest absolute Gasteiger partial charge is 0.409 e. The Morgan fingerprint density at radius 2 is 1.78 bits per heavy atom. The lowest BCUT2D eigenvalue weighted by molar-refractivity contribution is 0.100. The largest absolute Gasteiger partial charge is 0.493 e. The SMILES string of the molecule is CCCOC(=O)N1CCN(c2nc(N)c3cc(OC)c(OC)cc3n2)CC1. The molecule has 1 aromatic carbocycles. The monoisotopic (exact) mass is 375 g/mol. The van der Waals surface area contributed by atoms with Crippen molar-refractivity contribution in [1.82, 2.24) is 14.9 Å². The third kappa shape index (κ3) is 3.91. The molecule has 1 aromatic heterocycles. The van der Waals surface area contributed by atoms with Crippen LogP contribution in [0.4, 0.5) is 16.6 Å². The Bertz CT molecular complexity index is 821. The minimum Gasteiger partial charge on any atom is -0.493 e. The fraction of sp³-hybridized carbons (Fsp3) is 0.500. The van der Waals surface area contributed by atoms with Crippen LogP contribution in [0.15, 0.2) is 12.1 Å². The van der Waals surface area contributed by atoms with E-state index in [-0.39, 0.29) is 6.09 Å². The highest BCUT2D eigenvalue weighted by atomic mass is 16.6. The molecule has 0 bridgehead atoms. The lowest BCUT2D eigenvalue weighted by atomic mass is 10.2. The second-order valence-corrected chi connectivity index (χ2v) is 6.22. The van der Waals surface area contributed by atoms with Gasteiger partial charge in [0.25, 0.3) is 0 Å². The predicted molar refractivity (Wildman–Crippen MR) is 102 cm³/mol. The van der Waals surface area contributed by atoms with Crippen LogP contribution in [0.2, 0.25) is 0 Å². The summed E-state index contributed by atoms with van der Waals surface area (Å²) in [7, 11) is 3.14. The number of anilines is 2. The quantitative estimate of drug-likeness (QED) is 0.845.